The van der Waals surface area contributed by atoms with Crippen LogP contribution in [0.5, 0.6) is 0 Å². The maximum Gasteiger partial charge on any atom is 0.306 e. The summed E-state index contributed by atoms with van der Waals surface area (Å²) in [5.74, 6) is -0.749. The zero-order valence-corrected chi connectivity index (χ0v) is 36.3. The zero-order chi connectivity index (χ0) is 39.6. The van der Waals surface area contributed by atoms with Crippen molar-refractivity contribution >= 4 is 17.9 Å². The first-order valence-corrected chi connectivity index (χ1v) is 23.7. The average Bonchev–Trinajstić information content (AvgIpc) is 3.15. The third-order valence-electron chi connectivity index (χ3n) is 10.9. The number of hydrogen-bond acceptors (Lipinski definition) is 6. The highest BCUT2D eigenvalue weighted by Crippen LogP contribution is 2.19. The van der Waals surface area contributed by atoms with Crippen LogP contribution in [-0.4, -0.2) is 60.3 Å². The maximum atomic E-state index is 12.8. The van der Waals surface area contributed by atoms with E-state index in [4.69, 9.17) is 14.6 Å². The number of nitrogens with zero attached hydrogens (tertiary/aromatic N) is 1. The van der Waals surface area contributed by atoms with Crippen LogP contribution in [0, 0.1) is 0 Å². The van der Waals surface area contributed by atoms with E-state index in [2.05, 4.69) is 25.7 Å². The van der Waals surface area contributed by atoms with Crippen LogP contribution in [-0.2, 0) is 23.9 Å². The SMILES string of the molecule is CCCCCCCCCOC(=O)CCCCCCCN(CCCCCCCC(=O)OC(CCCCCCCC)CCCCCCCC)CCCCC(=O)O. The zero-order valence-electron chi connectivity index (χ0n) is 36.3. The lowest BCUT2D eigenvalue weighted by Gasteiger charge is -2.22. The molecule has 0 saturated heterocycles. The molecule has 0 spiro atoms. The van der Waals surface area contributed by atoms with E-state index in [1.54, 1.807) is 0 Å². The number of ether oxygens (including phenoxy) is 2. The molecule has 0 amide bonds. The summed E-state index contributed by atoms with van der Waals surface area (Å²) in [5, 5.41) is 9.04. The lowest BCUT2D eigenvalue weighted by atomic mass is 10.0. The first kappa shape index (κ1) is 52.4. The Balaban J connectivity index is 4.23. The quantitative estimate of drug-likeness (QED) is 0.0487. The summed E-state index contributed by atoms with van der Waals surface area (Å²) in [7, 11) is 0. The first-order chi connectivity index (χ1) is 26.4. The van der Waals surface area contributed by atoms with Gasteiger partial charge < -0.3 is 19.5 Å². The van der Waals surface area contributed by atoms with E-state index in [1.807, 2.05) is 0 Å². The van der Waals surface area contributed by atoms with E-state index in [0.717, 1.165) is 122 Å². The summed E-state index contributed by atoms with van der Waals surface area (Å²) >= 11 is 0. The highest BCUT2D eigenvalue weighted by Gasteiger charge is 2.14. The van der Waals surface area contributed by atoms with Crippen molar-refractivity contribution in [3.05, 3.63) is 0 Å². The lowest BCUT2D eigenvalue weighted by Crippen LogP contribution is -2.27. The van der Waals surface area contributed by atoms with Crippen LogP contribution in [0.2, 0.25) is 0 Å². The number of aliphatic carboxylic acids is 1. The van der Waals surface area contributed by atoms with Crippen LogP contribution in [0.25, 0.3) is 0 Å². The van der Waals surface area contributed by atoms with Crippen molar-refractivity contribution in [3.8, 4) is 0 Å². The molecule has 0 bridgehead atoms. The summed E-state index contributed by atoms with van der Waals surface area (Å²) in [6, 6.07) is 0. The Morgan fingerprint density at radius 1 is 0.426 bits per heavy atom. The van der Waals surface area contributed by atoms with Gasteiger partial charge in [-0.25, -0.2) is 0 Å². The Kier molecular flexibility index (Phi) is 41.2. The molecule has 0 fully saturated rings. The number of carbonyl (C=O) groups excluding carboxylic acids is 2. The molecule has 0 aromatic heterocycles. The summed E-state index contributed by atoms with van der Waals surface area (Å²) in [6.45, 7) is 10.4. The minimum Gasteiger partial charge on any atom is -0.481 e. The van der Waals surface area contributed by atoms with Gasteiger partial charge in [0.05, 0.1) is 6.61 Å². The predicted octanol–water partition coefficient (Wildman–Crippen LogP) is 13.9. The number of carbonyl (C=O) groups is 3. The molecule has 0 aliphatic heterocycles. The third-order valence-corrected chi connectivity index (χ3v) is 10.9. The van der Waals surface area contributed by atoms with Gasteiger partial charge in [0, 0.05) is 19.3 Å². The largest absolute Gasteiger partial charge is 0.481 e. The molecule has 7 nitrogen and oxygen atoms in total. The van der Waals surface area contributed by atoms with Crippen molar-refractivity contribution in [3.63, 3.8) is 0 Å². The van der Waals surface area contributed by atoms with Gasteiger partial charge in [0.15, 0.2) is 0 Å². The molecule has 54 heavy (non-hydrogen) atoms. The predicted molar refractivity (Wildman–Crippen MR) is 228 cm³/mol. The second kappa shape index (κ2) is 42.5. The number of esters is 2. The second-order valence-corrected chi connectivity index (χ2v) is 16.3. The van der Waals surface area contributed by atoms with Crippen LogP contribution in [0.3, 0.4) is 0 Å². The maximum absolute atomic E-state index is 12.8. The normalized spacial score (nSPS) is 11.5. The molecule has 0 aromatic rings. The Morgan fingerprint density at radius 3 is 1.24 bits per heavy atom. The fourth-order valence-electron chi connectivity index (χ4n) is 7.35. The lowest BCUT2D eigenvalue weighted by molar-refractivity contribution is -0.150. The number of carboxylic acid groups (broad SMARTS) is 1. The second-order valence-electron chi connectivity index (χ2n) is 16.3. The molecule has 0 atom stereocenters. The van der Waals surface area contributed by atoms with Crippen molar-refractivity contribution in [2.45, 2.75) is 258 Å². The van der Waals surface area contributed by atoms with Crippen molar-refractivity contribution in [2.75, 3.05) is 26.2 Å². The first-order valence-electron chi connectivity index (χ1n) is 23.7. The summed E-state index contributed by atoms with van der Waals surface area (Å²) in [6.07, 6.45) is 39.9. The molecule has 7 heteroatoms. The van der Waals surface area contributed by atoms with Crippen LogP contribution in [0.1, 0.15) is 252 Å². The Morgan fingerprint density at radius 2 is 0.778 bits per heavy atom. The topological polar surface area (TPSA) is 93.1 Å². The van der Waals surface area contributed by atoms with Gasteiger partial charge in [-0.1, -0.05) is 162 Å². The van der Waals surface area contributed by atoms with Gasteiger partial charge in [-0.3, -0.25) is 14.4 Å². The van der Waals surface area contributed by atoms with E-state index in [-0.39, 0.29) is 24.5 Å². The molecule has 0 radical (unpaired) electrons. The molecule has 0 rings (SSSR count). The van der Waals surface area contributed by atoms with Gasteiger partial charge >= 0.3 is 17.9 Å². The van der Waals surface area contributed by atoms with Crippen molar-refractivity contribution in [1.82, 2.24) is 4.90 Å². The van der Waals surface area contributed by atoms with Crippen molar-refractivity contribution in [1.29, 1.82) is 0 Å². The van der Waals surface area contributed by atoms with Gasteiger partial charge in [0.2, 0.25) is 0 Å². The fourth-order valence-corrected chi connectivity index (χ4v) is 7.35. The van der Waals surface area contributed by atoms with E-state index >= 15 is 0 Å². The molecule has 0 aliphatic rings. The van der Waals surface area contributed by atoms with Crippen LogP contribution in [0.4, 0.5) is 0 Å². The molecule has 0 aliphatic carbocycles. The monoisotopic (exact) mass is 766 g/mol. The Bertz CT molecular complexity index is 804. The smallest absolute Gasteiger partial charge is 0.306 e. The summed E-state index contributed by atoms with van der Waals surface area (Å²) < 4.78 is 11.5. The molecular formula is C47H91NO6. The number of rotatable bonds is 44. The molecule has 0 saturated carbocycles. The van der Waals surface area contributed by atoms with Crippen LogP contribution < -0.4 is 0 Å². The standard InChI is InChI=1S/C47H91NO6/c1-4-7-10-13-16-25-34-43-53-46(51)38-28-21-17-23-31-40-48(42-33-30-37-45(49)50)41-32-24-18-22-29-39-47(52)54-44(35-26-19-14-11-8-5-2)36-27-20-15-12-9-6-3/h44H,4-43H2,1-3H3,(H,49,50). The van der Waals surface area contributed by atoms with Gasteiger partial charge in [0.1, 0.15) is 6.10 Å². The molecule has 1 N–H and O–H groups in total. The fraction of sp³-hybridized carbons (Fsp3) is 0.936. The average molecular weight is 766 g/mol. The number of unbranched alkanes of at least 4 members (excludes halogenated alkanes) is 25. The Labute approximate surface area is 335 Å². The van der Waals surface area contributed by atoms with E-state index in [0.29, 0.717) is 19.4 Å². The van der Waals surface area contributed by atoms with Gasteiger partial charge in [-0.15, -0.1) is 0 Å². The molecule has 320 valence electrons. The number of carboxylic acids is 1. The minimum atomic E-state index is -0.710. The van der Waals surface area contributed by atoms with Crippen molar-refractivity contribution < 1.29 is 29.0 Å². The molecule has 0 aromatic carbocycles. The van der Waals surface area contributed by atoms with E-state index in [1.165, 1.54) is 109 Å². The summed E-state index contributed by atoms with van der Waals surface area (Å²) in [4.78, 5) is 38.3. The molecule has 0 heterocycles. The molecular weight excluding hydrogens is 675 g/mol. The highest BCUT2D eigenvalue weighted by atomic mass is 16.5. The van der Waals surface area contributed by atoms with Crippen LogP contribution in [0.15, 0.2) is 0 Å². The van der Waals surface area contributed by atoms with Gasteiger partial charge in [-0.2, -0.15) is 0 Å². The van der Waals surface area contributed by atoms with Crippen molar-refractivity contribution in [2.24, 2.45) is 0 Å². The third kappa shape index (κ3) is 40.0. The summed E-state index contributed by atoms with van der Waals surface area (Å²) in [5.41, 5.74) is 0. The number of hydrogen-bond donors (Lipinski definition) is 1. The van der Waals surface area contributed by atoms with E-state index in [9.17, 15) is 14.4 Å². The minimum absolute atomic E-state index is 0.00300. The van der Waals surface area contributed by atoms with Gasteiger partial charge in [-0.05, 0) is 90.3 Å². The molecule has 0 unspecified atom stereocenters. The van der Waals surface area contributed by atoms with Gasteiger partial charge in [0.25, 0.3) is 0 Å². The highest BCUT2D eigenvalue weighted by molar-refractivity contribution is 5.69. The van der Waals surface area contributed by atoms with E-state index < -0.39 is 5.97 Å². The Hall–Kier alpha value is -1.63. The van der Waals surface area contributed by atoms with Crippen LogP contribution >= 0.6 is 0 Å².